The van der Waals surface area contributed by atoms with E-state index < -0.39 is 0 Å². The average Bonchev–Trinajstić information content (AvgIpc) is 4.34. The van der Waals surface area contributed by atoms with E-state index in [0.717, 1.165) is 100 Å². The highest BCUT2D eigenvalue weighted by atomic mass is 35.5. The van der Waals surface area contributed by atoms with Crippen LogP contribution in [-0.2, 0) is 4.74 Å². The Balaban J connectivity index is 0.000000156. The second kappa shape index (κ2) is 30.2. The van der Waals surface area contributed by atoms with Crippen LogP contribution < -0.4 is 31.5 Å². The van der Waals surface area contributed by atoms with Crippen molar-refractivity contribution in [3.8, 4) is 17.5 Å². The lowest BCUT2D eigenvalue weighted by Crippen LogP contribution is -2.50. The Morgan fingerprint density at radius 1 is 0.531 bits per heavy atom. The molecule has 8 aromatic rings. The number of halogens is 1. The van der Waals surface area contributed by atoms with E-state index in [4.69, 9.17) is 22.1 Å². The minimum absolute atomic E-state index is 0.0662. The number of nitrogens with two attached hydrogens (primary N) is 1. The molecule has 0 aliphatic carbocycles. The quantitative estimate of drug-likeness (QED) is 0.106. The minimum atomic E-state index is -0.387. The largest absolute Gasteiger partial charge is 0.444 e. The molecule has 24 heteroatoms. The summed E-state index contributed by atoms with van der Waals surface area (Å²) in [6.45, 7) is 24.2. The second-order valence-corrected chi connectivity index (χ2v) is 21.0. The number of hydrogen-bond donors (Lipinski definition) is 4. The molecule has 11 rings (SSSR count). The van der Waals surface area contributed by atoms with Crippen LogP contribution in [0.1, 0.15) is 71.4 Å². The summed E-state index contributed by atoms with van der Waals surface area (Å²) in [6, 6.07) is 27.3. The van der Waals surface area contributed by atoms with E-state index in [9.17, 15) is 9.59 Å². The SMILES string of the molecule is CC(C)(C)OC(=O)N1CCNCC1.CC(C)c1ccc(N)cc1.CC(C)c1ccc(NC(=O)N2CCN(c3ccc(-n4ccnc4)nn3)CC2)cc1.Clc1ccc(-n2ccnc2)nn1.c1cn(-c2ccc(N3CCNCC3)nn2)cn1. The van der Waals surface area contributed by atoms with Crippen LogP contribution in [0.25, 0.3) is 17.5 Å². The first-order valence-corrected chi connectivity index (χ1v) is 27.5. The van der Waals surface area contributed by atoms with Gasteiger partial charge in [-0.15, -0.1) is 30.6 Å². The van der Waals surface area contributed by atoms with E-state index in [0.29, 0.717) is 35.9 Å². The average molecular weight is 1120 g/mol. The number of hydrogen-bond acceptors (Lipinski definition) is 17. The number of nitrogens with one attached hydrogen (secondary N) is 3. The van der Waals surface area contributed by atoms with Crippen LogP contribution in [0.5, 0.6) is 0 Å². The molecule has 3 amide bonds. The molecule has 81 heavy (non-hydrogen) atoms. The number of nitrogen functional groups attached to an aromatic ring is 1. The van der Waals surface area contributed by atoms with Gasteiger partial charge in [0.15, 0.2) is 34.2 Å². The van der Waals surface area contributed by atoms with Crippen LogP contribution in [0, 0.1) is 0 Å². The maximum Gasteiger partial charge on any atom is 0.410 e. The van der Waals surface area contributed by atoms with Gasteiger partial charge in [-0.3, -0.25) is 13.7 Å². The molecule has 0 radical (unpaired) electrons. The number of urea groups is 1. The Bertz CT molecular complexity index is 3030. The molecule has 428 valence electrons. The molecule has 0 saturated carbocycles. The molecular weight excluding hydrogens is 1050 g/mol. The van der Waals surface area contributed by atoms with E-state index in [1.54, 1.807) is 65.4 Å². The first kappa shape index (κ1) is 60.1. The van der Waals surface area contributed by atoms with E-state index in [-0.39, 0.29) is 17.7 Å². The van der Waals surface area contributed by atoms with Crippen molar-refractivity contribution in [3.63, 3.8) is 0 Å². The van der Waals surface area contributed by atoms with Crippen molar-refractivity contribution in [2.24, 2.45) is 0 Å². The molecule has 23 nitrogen and oxygen atoms in total. The van der Waals surface area contributed by atoms with Gasteiger partial charge in [0.1, 0.15) is 24.6 Å². The highest BCUT2D eigenvalue weighted by molar-refractivity contribution is 6.29. The zero-order valence-electron chi connectivity index (χ0n) is 47.3. The van der Waals surface area contributed by atoms with Gasteiger partial charge in [0.2, 0.25) is 0 Å². The molecule has 6 aromatic heterocycles. The van der Waals surface area contributed by atoms with Crippen molar-refractivity contribution in [1.29, 1.82) is 0 Å². The number of anilines is 4. The maximum atomic E-state index is 12.6. The summed E-state index contributed by atoms with van der Waals surface area (Å²) in [7, 11) is 0. The number of aromatic nitrogens is 12. The van der Waals surface area contributed by atoms with Crippen LogP contribution >= 0.6 is 11.6 Å². The number of nitrogens with zero attached hydrogens (tertiary/aromatic N) is 16. The molecular formula is C57H75ClN20O3. The van der Waals surface area contributed by atoms with E-state index in [1.807, 2.05) is 95.7 Å². The first-order chi connectivity index (χ1) is 39.1. The van der Waals surface area contributed by atoms with Crippen LogP contribution in [0.15, 0.2) is 141 Å². The number of amides is 3. The van der Waals surface area contributed by atoms with Gasteiger partial charge < -0.3 is 46.0 Å². The van der Waals surface area contributed by atoms with Gasteiger partial charge in [-0.2, -0.15) is 0 Å². The first-order valence-electron chi connectivity index (χ1n) is 27.1. The predicted octanol–water partition coefficient (Wildman–Crippen LogP) is 7.75. The van der Waals surface area contributed by atoms with Gasteiger partial charge in [-0.05, 0) is 104 Å². The van der Waals surface area contributed by atoms with Crippen molar-refractivity contribution < 1.29 is 14.3 Å². The summed E-state index contributed by atoms with van der Waals surface area (Å²) in [5.74, 6) is 5.06. The van der Waals surface area contributed by atoms with Crippen LogP contribution in [0.3, 0.4) is 0 Å². The number of rotatable bonds is 8. The molecule has 5 N–H and O–H groups in total. The molecule has 0 unspecified atom stereocenters. The van der Waals surface area contributed by atoms with Crippen LogP contribution in [0.2, 0.25) is 5.15 Å². The highest BCUT2D eigenvalue weighted by Gasteiger charge is 2.24. The predicted molar refractivity (Wildman–Crippen MR) is 317 cm³/mol. The summed E-state index contributed by atoms with van der Waals surface area (Å²) in [5.41, 5.74) is 9.40. The number of piperazine rings is 3. The Kier molecular flexibility index (Phi) is 22.4. The Morgan fingerprint density at radius 2 is 0.938 bits per heavy atom. The summed E-state index contributed by atoms with van der Waals surface area (Å²) < 4.78 is 10.6. The lowest BCUT2D eigenvalue weighted by Gasteiger charge is -2.35. The van der Waals surface area contributed by atoms with Crippen LogP contribution in [-0.4, -0.2) is 165 Å². The van der Waals surface area contributed by atoms with E-state index in [2.05, 4.69) is 123 Å². The molecule has 3 aliphatic heterocycles. The molecule has 0 bridgehead atoms. The maximum absolute atomic E-state index is 12.6. The molecule has 3 fully saturated rings. The van der Waals surface area contributed by atoms with Gasteiger partial charge in [-0.25, -0.2) is 24.5 Å². The van der Waals surface area contributed by atoms with Gasteiger partial charge >= 0.3 is 12.1 Å². The van der Waals surface area contributed by atoms with E-state index >= 15 is 0 Å². The standard InChI is InChI=1S/C21H25N7O.C11H14N6.C9H18N2O2.C9H13N.C7H5ClN4/c1-16(2)17-3-5-18(6-4-17)23-21(29)27-13-11-26(12-14-27)19-7-8-20(25-24-19)28-10-9-22-15-28;1-2-11(17-8-5-13-9-17)15-14-10(1)16-6-3-12-4-7-16;1-9(2,3)13-8(12)11-6-4-10-5-7-11;1-7(2)8-3-5-9(10)6-4-8;8-6-1-2-7(11-10-6)12-4-3-9-5-12/h3-10,15-16H,11-14H2,1-2H3,(H,23,29);1-2,5,8-9,12H,3-4,6-7H2;10H,4-7H2,1-3H3;3-7H,10H2,1-2H3;1-5H. The summed E-state index contributed by atoms with van der Waals surface area (Å²) in [4.78, 5) is 43.9. The fourth-order valence-electron chi connectivity index (χ4n) is 8.12. The van der Waals surface area contributed by atoms with Crippen LogP contribution in [0.4, 0.5) is 32.6 Å². The highest BCUT2D eigenvalue weighted by Crippen LogP contribution is 2.20. The Hall–Kier alpha value is -8.54. The fraction of sp³-hybridized carbons (Fsp3) is 0.386. The van der Waals surface area contributed by atoms with Gasteiger partial charge in [0.25, 0.3) is 0 Å². The zero-order valence-corrected chi connectivity index (χ0v) is 48.0. The summed E-state index contributed by atoms with van der Waals surface area (Å²) >= 11 is 5.57. The van der Waals surface area contributed by atoms with Crippen molar-refractivity contribution in [2.75, 3.05) is 99.4 Å². The molecule has 0 atom stereocenters. The van der Waals surface area contributed by atoms with Crippen molar-refractivity contribution in [1.82, 2.24) is 79.7 Å². The van der Waals surface area contributed by atoms with Gasteiger partial charge in [0, 0.05) is 127 Å². The fourth-order valence-corrected chi connectivity index (χ4v) is 8.22. The number of imidazole rings is 3. The number of carbonyl (C=O) groups is 2. The van der Waals surface area contributed by atoms with Gasteiger partial charge in [-0.1, -0.05) is 63.6 Å². The zero-order chi connectivity index (χ0) is 57.6. The topological polar surface area (TPSA) is 249 Å². The Morgan fingerprint density at radius 3 is 1.33 bits per heavy atom. The van der Waals surface area contributed by atoms with Crippen molar-refractivity contribution >= 4 is 46.7 Å². The Labute approximate surface area is 479 Å². The lowest BCUT2D eigenvalue weighted by molar-refractivity contribution is 0.0228. The summed E-state index contributed by atoms with van der Waals surface area (Å²) in [6.07, 6.45) is 15.4. The third-order valence-corrected chi connectivity index (χ3v) is 12.9. The normalized spacial score (nSPS) is 14.2. The second-order valence-electron chi connectivity index (χ2n) is 20.6. The third kappa shape index (κ3) is 19.4. The minimum Gasteiger partial charge on any atom is -0.444 e. The number of ether oxygens (including phenoxy) is 1. The molecule has 3 saturated heterocycles. The monoisotopic (exact) mass is 1120 g/mol. The third-order valence-electron chi connectivity index (χ3n) is 12.7. The van der Waals surface area contributed by atoms with Gasteiger partial charge in [0.05, 0.1) is 0 Å². The number of carbonyl (C=O) groups excluding carboxylic acids is 2. The smallest absolute Gasteiger partial charge is 0.410 e. The molecule has 3 aliphatic rings. The lowest BCUT2D eigenvalue weighted by atomic mass is 10.0. The van der Waals surface area contributed by atoms with E-state index in [1.165, 1.54) is 11.1 Å². The molecule has 0 spiro atoms. The molecule has 9 heterocycles. The summed E-state index contributed by atoms with van der Waals surface area (Å²) in [5, 5.41) is 34.5. The number of benzene rings is 2. The van der Waals surface area contributed by atoms with Crippen molar-refractivity contribution in [2.45, 2.75) is 65.9 Å². The molecule has 2 aromatic carbocycles. The van der Waals surface area contributed by atoms with Crippen molar-refractivity contribution in [3.05, 3.63) is 157 Å².